The van der Waals surface area contributed by atoms with Crippen LogP contribution in [0.4, 0.5) is 5.69 Å². The van der Waals surface area contributed by atoms with Gasteiger partial charge in [-0.15, -0.1) is 0 Å². The Morgan fingerprint density at radius 1 is 0.810 bits per heavy atom. The number of para-hydroxylation sites is 1. The van der Waals surface area contributed by atoms with Crippen molar-refractivity contribution in [2.24, 2.45) is 0 Å². The van der Waals surface area contributed by atoms with Gasteiger partial charge in [-0.05, 0) is 36.4 Å². The summed E-state index contributed by atoms with van der Waals surface area (Å²) in [5, 5.41) is 2.82. The third-order valence-corrected chi connectivity index (χ3v) is 2.94. The average Bonchev–Trinajstić information content (AvgIpc) is 2.57. The van der Waals surface area contributed by atoms with Crippen molar-refractivity contribution in [3.05, 3.63) is 78.6 Å². The van der Waals surface area contributed by atoms with E-state index in [1.54, 1.807) is 18.3 Å². The fraction of sp³-hybridized carbons (Fsp3) is 0. The lowest BCUT2D eigenvalue weighted by Gasteiger charge is -2.06. The van der Waals surface area contributed by atoms with Crippen LogP contribution in [0.25, 0.3) is 11.4 Å². The van der Waals surface area contributed by atoms with Gasteiger partial charge in [-0.3, -0.25) is 9.78 Å². The van der Waals surface area contributed by atoms with Crippen LogP contribution in [0.2, 0.25) is 0 Å². The molecule has 21 heavy (non-hydrogen) atoms. The van der Waals surface area contributed by atoms with Crippen LogP contribution in [0.15, 0.2) is 72.9 Å². The summed E-state index contributed by atoms with van der Waals surface area (Å²) in [4.78, 5) is 20.8. The van der Waals surface area contributed by atoms with Crippen LogP contribution in [-0.4, -0.2) is 15.9 Å². The van der Waals surface area contributed by atoms with Gasteiger partial charge in [0.15, 0.2) is 0 Å². The monoisotopic (exact) mass is 275 g/mol. The Bertz CT molecular complexity index is 742. The van der Waals surface area contributed by atoms with Gasteiger partial charge < -0.3 is 5.32 Å². The number of hydrogen-bond donors (Lipinski definition) is 1. The lowest BCUT2D eigenvalue weighted by atomic mass is 10.2. The molecule has 0 atom stereocenters. The number of nitrogens with one attached hydrogen (secondary N) is 1. The zero-order valence-corrected chi connectivity index (χ0v) is 11.2. The Hall–Kier alpha value is -3.01. The van der Waals surface area contributed by atoms with Gasteiger partial charge in [-0.2, -0.15) is 0 Å². The number of carbonyl (C=O) groups excluding carboxylic acids is 1. The van der Waals surface area contributed by atoms with Gasteiger partial charge in [-0.25, -0.2) is 4.98 Å². The van der Waals surface area contributed by atoms with Crippen molar-refractivity contribution in [3.63, 3.8) is 0 Å². The van der Waals surface area contributed by atoms with E-state index < -0.39 is 0 Å². The lowest BCUT2D eigenvalue weighted by Crippen LogP contribution is -2.13. The molecule has 3 rings (SSSR count). The van der Waals surface area contributed by atoms with Gasteiger partial charge in [0.25, 0.3) is 5.91 Å². The molecule has 4 nitrogen and oxygen atoms in total. The Morgan fingerprint density at radius 2 is 1.57 bits per heavy atom. The molecule has 0 aliphatic rings. The number of benzene rings is 1. The van der Waals surface area contributed by atoms with Crippen LogP contribution in [0.5, 0.6) is 0 Å². The zero-order chi connectivity index (χ0) is 14.5. The van der Waals surface area contributed by atoms with Crippen molar-refractivity contribution >= 4 is 11.6 Å². The highest BCUT2D eigenvalue weighted by atomic mass is 16.1. The summed E-state index contributed by atoms with van der Waals surface area (Å²) >= 11 is 0. The number of carbonyl (C=O) groups is 1. The quantitative estimate of drug-likeness (QED) is 0.797. The van der Waals surface area contributed by atoms with Gasteiger partial charge in [0, 0.05) is 11.9 Å². The second kappa shape index (κ2) is 5.96. The highest BCUT2D eigenvalue weighted by Gasteiger charge is 2.09. The van der Waals surface area contributed by atoms with Crippen LogP contribution >= 0.6 is 0 Å². The molecule has 4 heteroatoms. The van der Waals surface area contributed by atoms with E-state index in [0.717, 1.165) is 11.4 Å². The number of pyridine rings is 2. The van der Waals surface area contributed by atoms with E-state index in [2.05, 4.69) is 15.3 Å². The highest BCUT2D eigenvalue weighted by Crippen LogP contribution is 2.14. The number of aromatic nitrogens is 2. The van der Waals surface area contributed by atoms with E-state index in [0.29, 0.717) is 11.4 Å². The van der Waals surface area contributed by atoms with E-state index in [1.165, 1.54) is 0 Å². The number of rotatable bonds is 3. The molecule has 3 aromatic rings. The van der Waals surface area contributed by atoms with Crippen LogP contribution < -0.4 is 5.32 Å². The predicted molar refractivity (Wildman–Crippen MR) is 81.9 cm³/mol. The SMILES string of the molecule is O=C(Nc1ccccc1)c1cccc(-c2ccccn2)n1. The largest absolute Gasteiger partial charge is 0.321 e. The first-order chi connectivity index (χ1) is 10.3. The van der Waals surface area contributed by atoms with E-state index in [9.17, 15) is 4.79 Å². The number of amides is 1. The minimum absolute atomic E-state index is 0.237. The molecule has 102 valence electrons. The minimum atomic E-state index is -0.237. The van der Waals surface area contributed by atoms with Crippen molar-refractivity contribution in [1.29, 1.82) is 0 Å². The molecule has 0 aliphatic heterocycles. The van der Waals surface area contributed by atoms with E-state index >= 15 is 0 Å². The third-order valence-electron chi connectivity index (χ3n) is 2.94. The molecule has 0 aliphatic carbocycles. The van der Waals surface area contributed by atoms with Gasteiger partial charge >= 0.3 is 0 Å². The summed E-state index contributed by atoms with van der Waals surface area (Å²) in [6.07, 6.45) is 1.70. The Morgan fingerprint density at radius 3 is 2.33 bits per heavy atom. The molecule has 0 radical (unpaired) electrons. The fourth-order valence-electron chi connectivity index (χ4n) is 1.93. The number of nitrogens with zero attached hydrogens (tertiary/aromatic N) is 2. The molecule has 0 saturated carbocycles. The van der Waals surface area contributed by atoms with Gasteiger partial charge in [0.2, 0.25) is 0 Å². The molecule has 1 N–H and O–H groups in total. The molecule has 0 bridgehead atoms. The topological polar surface area (TPSA) is 54.9 Å². The minimum Gasteiger partial charge on any atom is -0.321 e. The summed E-state index contributed by atoms with van der Waals surface area (Å²) in [7, 11) is 0. The second-order valence-electron chi connectivity index (χ2n) is 4.44. The van der Waals surface area contributed by atoms with E-state index in [4.69, 9.17) is 0 Å². The number of hydrogen-bond acceptors (Lipinski definition) is 3. The molecule has 0 saturated heterocycles. The first-order valence-electron chi connectivity index (χ1n) is 6.58. The van der Waals surface area contributed by atoms with Gasteiger partial charge in [0.05, 0.1) is 11.4 Å². The Balaban J connectivity index is 1.85. The predicted octanol–water partition coefficient (Wildman–Crippen LogP) is 3.40. The smallest absolute Gasteiger partial charge is 0.274 e. The van der Waals surface area contributed by atoms with Gasteiger partial charge in [0.1, 0.15) is 5.69 Å². The van der Waals surface area contributed by atoms with Crippen molar-refractivity contribution < 1.29 is 4.79 Å². The van der Waals surface area contributed by atoms with Crippen LogP contribution in [-0.2, 0) is 0 Å². The zero-order valence-electron chi connectivity index (χ0n) is 11.2. The highest BCUT2D eigenvalue weighted by molar-refractivity contribution is 6.03. The van der Waals surface area contributed by atoms with E-state index in [1.807, 2.05) is 54.6 Å². The molecule has 2 aromatic heterocycles. The standard InChI is InChI=1S/C17H13N3O/c21-17(19-13-7-2-1-3-8-13)16-11-6-10-15(20-16)14-9-4-5-12-18-14/h1-12H,(H,19,21). The van der Waals surface area contributed by atoms with Crippen molar-refractivity contribution in [1.82, 2.24) is 9.97 Å². The van der Waals surface area contributed by atoms with Gasteiger partial charge in [-0.1, -0.05) is 30.3 Å². The summed E-state index contributed by atoms with van der Waals surface area (Å²) < 4.78 is 0. The molecule has 0 spiro atoms. The summed E-state index contributed by atoms with van der Waals surface area (Å²) in [5.74, 6) is -0.237. The molecule has 1 aromatic carbocycles. The van der Waals surface area contributed by atoms with Crippen molar-refractivity contribution in [3.8, 4) is 11.4 Å². The maximum atomic E-state index is 12.2. The second-order valence-corrected chi connectivity index (χ2v) is 4.44. The van der Waals surface area contributed by atoms with E-state index in [-0.39, 0.29) is 5.91 Å². The van der Waals surface area contributed by atoms with Crippen molar-refractivity contribution in [2.75, 3.05) is 5.32 Å². The lowest BCUT2D eigenvalue weighted by molar-refractivity contribution is 0.102. The van der Waals surface area contributed by atoms with Crippen LogP contribution in [0.1, 0.15) is 10.5 Å². The maximum absolute atomic E-state index is 12.2. The fourth-order valence-corrected chi connectivity index (χ4v) is 1.93. The molecule has 0 fully saturated rings. The van der Waals surface area contributed by atoms with Crippen LogP contribution in [0, 0.1) is 0 Å². The Kier molecular flexibility index (Phi) is 3.69. The number of anilines is 1. The van der Waals surface area contributed by atoms with Crippen molar-refractivity contribution in [2.45, 2.75) is 0 Å². The summed E-state index contributed by atoms with van der Waals surface area (Å²) in [5.41, 5.74) is 2.53. The van der Waals surface area contributed by atoms with Crippen LogP contribution in [0.3, 0.4) is 0 Å². The Labute approximate surface area is 122 Å². The summed E-state index contributed by atoms with van der Waals surface area (Å²) in [6, 6.07) is 20.2. The molecular weight excluding hydrogens is 262 g/mol. The molecule has 1 amide bonds. The summed E-state index contributed by atoms with van der Waals surface area (Å²) in [6.45, 7) is 0. The average molecular weight is 275 g/mol. The normalized spacial score (nSPS) is 10.1. The molecular formula is C17H13N3O. The first-order valence-corrected chi connectivity index (χ1v) is 6.58. The third kappa shape index (κ3) is 3.12. The first kappa shape index (κ1) is 13.0. The maximum Gasteiger partial charge on any atom is 0.274 e. The molecule has 0 unspecified atom stereocenters. The molecule has 2 heterocycles.